The van der Waals surface area contributed by atoms with E-state index in [1.807, 2.05) is 6.92 Å². The van der Waals surface area contributed by atoms with Crippen LogP contribution in [0, 0.1) is 0 Å². The number of carbonyl (C=O) groups excluding carboxylic acids is 2. The Kier molecular flexibility index (Phi) is 30.4. The van der Waals surface area contributed by atoms with Crippen LogP contribution in [0.25, 0.3) is 0 Å². The number of hydrogen-bond acceptors (Lipinski definition) is 9. The average Bonchev–Trinajstić information content (AvgIpc) is 3.02. The van der Waals surface area contributed by atoms with Gasteiger partial charge in [-0.1, -0.05) is 122 Å². The Bertz CT molecular complexity index is 776. The molecule has 0 aromatic carbocycles. The van der Waals surface area contributed by atoms with Gasteiger partial charge < -0.3 is 24.6 Å². The summed E-state index contributed by atoms with van der Waals surface area (Å²) in [7, 11) is -4.60. The minimum atomic E-state index is -4.60. The molecule has 45 heavy (non-hydrogen) atoms. The number of allylic oxidation sites excluding steroid dienone is 2. The number of ether oxygens (including phenoxy) is 2. The largest absolute Gasteiger partial charge is 0.472 e. The Morgan fingerprint density at radius 1 is 0.689 bits per heavy atom. The highest BCUT2D eigenvalue weighted by Crippen LogP contribution is 2.43. The molecule has 11 heteroatoms. The Labute approximate surface area is 273 Å². The van der Waals surface area contributed by atoms with Crippen molar-refractivity contribution in [2.75, 3.05) is 26.4 Å². The van der Waals surface area contributed by atoms with Crippen LogP contribution in [0.3, 0.4) is 0 Å². The standard InChI is InChI=1S/C34H65O10P/c1-3-5-7-9-11-13-15-16-18-19-21-23-25-33(37)41-29-32(30-43-45(39,40)42-28-31(36)27-35)44-34(38)26-24-22-20-17-14-12-10-8-6-4-2/h4,6,31-32,35-36H,3,5,7-30H2,1-2H3,(H,39,40)/b6-4-/t31-,32+/m0/s1. The van der Waals surface area contributed by atoms with Gasteiger partial charge in [0.15, 0.2) is 6.10 Å². The van der Waals surface area contributed by atoms with E-state index >= 15 is 0 Å². The van der Waals surface area contributed by atoms with E-state index in [4.69, 9.17) is 19.1 Å². The second-order valence-electron chi connectivity index (χ2n) is 11.9. The maximum Gasteiger partial charge on any atom is 0.472 e. The number of phosphoric ester groups is 1. The smallest absolute Gasteiger partial charge is 0.462 e. The summed E-state index contributed by atoms with van der Waals surface area (Å²) < 4.78 is 32.4. The fraction of sp³-hybridized carbons (Fsp3) is 0.882. The van der Waals surface area contributed by atoms with Gasteiger partial charge in [-0.05, 0) is 32.6 Å². The molecule has 0 saturated carbocycles. The average molecular weight is 665 g/mol. The van der Waals surface area contributed by atoms with Crippen LogP contribution >= 0.6 is 7.82 Å². The van der Waals surface area contributed by atoms with Gasteiger partial charge in [-0.25, -0.2) is 4.57 Å². The van der Waals surface area contributed by atoms with Gasteiger partial charge in [-0.2, -0.15) is 0 Å². The van der Waals surface area contributed by atoms with E-state index in [1.54, 1.807) is 0 Å². The maximum atomic E-state index is 12.5. The summed E-state index contributed by atoms with van der Waals surface area (Å²) in [5, 5.41) is 18.2. The van der Waals surface area contributed by atoms with E-state index in [2.05, 4.69) is 23.6 Å². The number of aliphatic hydroxyl groups excluding tert-OH is 2. The number of esters is 2. The molecule has 0 aliphatic heterocycles. The lowest BCUT2D eigenvalue weighted by atomic mass is 10.0. The molecule has 0 radical (unpaired) electrons. The summed E-state index contributed by atoms with van der Waals surface area (Å²) in [5.41, 5.74) is 0. The molecule has 0 rings (SSSR count). The monoisotopic (exact) mass is 664 g/mol. The molecular weight excluding hydrogens is 599 g/mol. The van der Waals surface area contributed by atoms with Gasteiger partial charge >= 0.3 is 19.8 Å². The quantitative estimate of drug-likeness (QED) is 0.0272. The van der Waals surface area contributed by atoms with Gasteiger partial charge in [-0.15, -0.1) is 0 Å². The zero-order chi connectivity index (χ0) is 33.4. The molecule has 0 saturated heterocycles. The molecule has 0 aromatic rings. The van der Waals surface area contributed by atoms with Crippen LogP contribution in [-0.2, 0) is 32.7 Å². The Balaban J connectivity index is 4.39. The summed E-state index contributed by atoms with van der Waals surface area (Å²) in [6.45, 7) is 2.15. The molecule has 0 aliphatic rings. The molecule has 0 aliphatic carbocycles. The predicted molar refractivity (Wildman–Crippen MR) is 178 cm³/mol. The topological polar surface area (TPSA) is 149 Å². The zero-order valence-electron chi connectivity index (χ0n) is 28.3. The molecule has 0 bridgehead atoms. The van der Waals surface area contributed by atoms with Crippen LogP contribution < -0.4 is 0 Å². The SMILES string of the molecule is C/C=C\CCCCCCCCCC(=O)O[C@H](COC(=O)CCCCCCCCCCCCCC)COP(=O)(O)OC[C@@H](O)CO. The van der Waals surface area contributed by atoms with Crippen molar-refractivity contribution in [2.24, 2.45) is 0 Å². The summed E-state index contributed by atoms with van der Waals surface area (Å²) >= 11 is 0. The lowest BCUT2D eigenvalue weighted by Crippen LogP contribution is -2.29. The van der Waals surface area contributed by atoms with Crippen LogP contribution in [0.1, 0.15) is 155 Å². The van der Waals surface area contributed by atoms with Gasteiger partial charge in [-0.3, -0.25) is 18.6 Å². The summed E-state index contributed by atoms with van der Waals surface area (Å²) in [6.07, 6.45) is 24.9. The van der Waals surface area contributed by atoms with Crippen LogP contribution in [0.5, 0.6) is 0 Å². The molecule has 1 unspecified atom stereocenters. The van der Waals surface area contributed by atoms with Crippen LogP contribution in [0.2, 0.25) is 0 Å². The van der Waals surface area contributed by atoms with Crippen molar-refractivity contribution in [3.05, 3.63) is 12.2 Å². The second-order valence-corrected chi connectivity index (χ2v) is 13.4. The zero-order valence-corrected chi connectivity index (χ0v) is 29.2. The van der Waals surface area contributed by atoms with Gasteiger partial charge in [0, 0.05) is 12.8 Å². The van der Waals surface area contributed by atoms with Crippen molar-refractivity contribution in [3.8, 4) is 0 Å². The first-order valence-corrected chi connectivity index (χ1v) is 19.1. The molecule has 0 fully saturated rings. The third-order valence-electron chi connectivity index (χ3n) is 7.51. The highest BCUT2D eigenvalue weighted by molar-refractivity contribution is 7.47. The number of aliphatic hydroxyl groups is 2. The highest BCUT2D eigenvalue weighted by atomic mass is 31.2. The molecule has 0 aromatic heterocycles. The predicted octanol–water partition coefficient (Wildman–Crippen LogP) is 8.11. The summed E-state index contributed by atoms with van der Waals surface area (Å²) in [6, 6.07) is 0. The lowest BCUT2D eigenvalue weighted by Gasteiger charge is -2.20. The molecule has 3 atom stereocenters. The van der Waals surface area contributed by atoms with Crippen LogP contribution in [-0.4, -0.2) is 65.7 Å². The third kappa shape index (κ3) is 31.1. The van der Waals surface area contributed by atoms with Crippen molar-refractivity contribution < 1.29 is 47.8 Å². The van der Waals surface area contributed by atoms with Crippen LogP contribution in [0.4, 0.5) is 0 Å². The first-order chi connectivity index (χ1) is 21.7. The molecule has 0 spiro atoms. The van der Waals surface area contributed by atoms with E-state index in [0.29, 0.717) is 12.8 Å². The normalized spacial score (nSPS) is 14.3. The minimum Gasteiger partial charge on any atom is -0.462 e. The Morgan fingerprint density at radius 2 is 1.16 bits per heavy atom. The van der Waals surface area contributed by atoms with Gasteiger partial charge in [0.2, 0.25) is 0 Å². The van der Waals surface area contributed by atoms with Crippen molar-refractivity contribution in [3.63, 3.8) is 0 Å². The molecule has 0 amide bonds. The minimum absolute atomic E-state index is 0.181. The van der Waals surface area contributed by atoms with Crippen LogP contribution in [0.15, 0.2) is 12.2 Å². The van der Waals surface area contributed by atoms with Gasteiger partial charge in [0.05, 0.1) is 19.8 Å². The first-order valence-electron chi connectivity index (χ1n) is 17.6. The second kappa shape index (κ2) is 31.3. The first kappa shape index (κ1) is 43.7. The number of phosphoric acid groups is 1. The fourth-order valence-corrected chi connectivity index (χ4v) is 5.55. The van der Waals surface area contributed by atoms with Crippen molar-refractivity contribution in [1.82, 2.24) is 0 Å². The number of unbranched alkanes of at least 4 members (excludes halogenated alkanes) is 18. The molecule has 266 valence electrons. The number of rotatable bonds is 33. The number of carbonyl (C=O) groups is 2. The summed E-state index contributed by atoms with van der Waals surface area (Å²) in [5.74, 6) is -0.931. The Morgan fingerprint density at radius 3 is 1.67 bits per heavy atom. The molecule has 3 N–H and O–H groups in total. The number of hydrogen-bond donors (Lipinski definition) is 3. The fourth-order valence-electron chi connectivity index (χ4n) is 4.76. The highest BCUT2D eigenvalue weighted by Gasteiger charge is 2.27. The van der Waals surface area contributed by atoms with E-state index in [-0.39, 0.29) is 19.4 Å². The Hall–Kier alpha value is -1.29. The van der Waals surface area contributed by atoms with E-state index < -0.39 is 51.8 Å². The van der Waals surface area contributed by atoms with Crippen molar-refractivity contribution in [2.45, 2.75) is 167 Å². The lowest BCUT2D eigenvalue weighted by molar-refractivity contribution is -0.161. The molecular formula is C34H65O10P. The third-order valence-corrected chi connectivity index (χ3v) is 8.47. The maximum absolute atomic E-state index is 12.5. The van der Waals surface area contributed by atoms with Gasteiger partial charge in [0.1, 0.15) is 12.7 Å². The van der Waals surface area contributed by atoms with Crippen molar-refractivity contribution in [1.29, 1.82) is 0 Å². The van der Waals surface area contributed by atoms with E-state index in [1.165, 1.54) is 70.6 Å². The van der Waals surface area contributed by atoms with Crippen molar-refractivity contribution >= 4 is 19.8 Å². The summed E-state index contributed by atoms with van der Waals surface area (Å²) in [4.78, 5) is 34.6. The van der Waals surface area contributed by atoms with E-state index in [9.17, 15) is 24.2 Å². The molecule has 0 heterocycles. The van der Waals surface area contributed by atoms with Gasteiger partial charge in [0.25, 0.3) is 0 Å². The molecule has 10 nitrogen and oxygen atoms in total. The van der Waals surface area contributed by atoms with E-state index in [0.717, 1.165) is 44.9 Å².